The van der Waals surface area contributed by atoms with Gasteiger partial charge in [-0.3, -0.25) is 9.97 Å². The topological polar surface area (TPSA) is 30.7 Å². The molecule has 5 heterocycles. The molecule has 5 heteroatoms. The first kappa shape index (κ1) is 38.5. The molecule has 328 valence electrons. The first-order valence-corrected chi connectivity index (χ1v) is 26.0. The Hall–Kier alpha value is -8.35. The van der Waals surface area contributed by atoms with Crippen LogP contribution in [0.4, 0.5) is 0 Å². The zero-order chi connectivity index (χ0) is 46.2. The van der Waals surface area contributed by atoms with Crippen LogP contribution in [0.5, 0.6) is 0 Å². The molecule has 0 amide bonds. The summed E-state index contributed by atoms with van der Waals surface area (Å²) in [7, 11) is 0. The molecule has 0 fully saturated rings. The van der Waals surface area contributed by atoms with Gasteiger partial charge in [0.15, 0.2) is 0 Å². The minimum atomic E-state index is -0.682. The Bertz CT molecular complexity index is 4480. The Morgan fingerprint density at radius 1 is 0.380 bits per heavy atom. The number of aromatic nitrogens is 3. The lowest BCUT2D eigenvalue weighted by Gasteiger charge is -2.40. The maximum absolute atomic E-state index is 5.49. The average Bonchev–Trinajstić information content (AvgIpc) is 4.21. The van der Waals surface area contributed by atoms with E-state index in [1.165, 1.54) is 119 Å². The second-order valence-electron chi connectivity index (χ2n) is 19.5. The van der Waals surface area contributed by atoms with Crippen molar-refractivity contribution in [2.45, 2.75) is 20.6 Å². The highest BCUT2D eigenvalue weighted by Crippen LogP contribution is 2.67. The van der Waals surface area contributed by atoms with Gasteiger partial charge in [-0.1, -0.05) is 163 Å². The summed E-state index contributed by atoms with van der Waals surface area (Å²) < 4.78 is 5.10. The van der Waals surface area contributed by atoms with Crippen molar-refractivity contribution in [3.05, 3.63) is 269 Å². The van der Waals surface area contributed by atoms with E-state index < -0.39 is 10.8 Å². The number of benzene rings is 9. The van der Waals surface area contributed by atoms with Gasteiger partial charge < -0.3 is 4.57 Å². The second kappa shape index (κ2) is 13.7. The van der Waals surface area contributed by atoms with Crippen LogP contribution in [-0.4, -0.2) is 14.5 Å². The van der Waals surface area contributed by atoms with E-state index in [2.05, 4.69) is 223 Å². The first-order valence-electron chi connectivity index (χ1n) is 24.4. The fourth-order valence-corrected chi connectivity index (χ4v) is 16.0. The number of thiophene rings is 1. The molecule has 3 nitrogen and oxygen atoms in total. The quantitative estimate of drug-likeness (QED) is 0.173. The van der Waals surface area contributed by atoms with Crippen LogP contribution in [0.15, 0.2) is 235 Å². The van der Waals surface area contributed by atoms with E-state index in [4.69, 9.17) is 9.97 Å². The van der Waals surface area contributed by atoms with Crippen molar-refractivity contribution >= 4 is 65.1 Å². The highest BCUT2D eigenvalue weighted by Gasteiger charge is 2.56. The zero-order valence-corrected chi connectivity index (χ0v) is 39.7. The van der Waals surface area contributed by atoms with Crippen LogP contribution in [0.3, 0.4) is 0 Å². The van der Waals surface area contributed by atoms with Gasteiger partial charge in [-0.15, -0.1) is 11.3 Å². The average molecular weight is 936 g/mol. The van der Waals surface area contributed by atoms with E-state index in [1.807, 2.05) is 29.3 Å². The molecule has 0 N–H and O–H groups in total. The van der Waals surface area contributed by atoms with Crippen molar-refractivity contribution in [2.24, 2.45) is 0 Å². The summed E-state index contributed by atoms with van der Waals surface area (Å²) in [5.41, 5.74) is 22.1. The van der Waals surface area contributed by atoms with Crippen molar-refractivity contribution < 1.29 is 0 Å². The molecule has 0 saturated carbocycles. The minimum absolute atomic E-state index is 0.441. The largest absolute Gasteiger partial charge is 0.309 e. The van der Waals surface area contributed by atoms with Crippen LogP contribution >= 0.6 is 23.1 Å². The van der Waals surface area contributed by atoms with Crippen molar-refractivity contribution in [1.29, 1.82) is 0 Å². The van der Waals surface area contributed by atoms with Gasteiger partial charge in [0.1, 0.15) is 0 Å². The number of rotatable bonds is 2. The molecule has 4 aliphatic rings. The summed E-state index contributed by atoms with van der Waals surface area (Å²) in [5.74, 6) is 0. The SMILES string of the molecule is c1ccc(-n2c3cc(-c4cnc5c(c4)C4(c6ccccc6Sc6cc7c(cc64)-c4ccccc4C74c6ccccc6-c6ccccc64)c4cccnc4-5)ccc3c3ccc4sc5ccccc5c4c32)cc1. The van der Waals surface area contributed by atoms with Crippen molar-refractivity contribution in [3.63, 3.8) is 0 Å². The van der Waals surface area contributed by atoms with Crippen molar-refractivity contribution in [2.75, 3.05) is 0 Å². The van der Waals surface area contributed by atoms with Crippen molar-refractivity contribution in [3.8, 4) is 50.5 Å². The summed E-state index contributed by atoms with van der Waals surface area (Å²) in [5, 5.41) is 5.10. The van der Waals surface area contributed by atoms with E-state index in [0.717, 1.165) is 28.2 Å². The van der Waals surface area contributed by atoms with E-state index >= 15 is 0 Å². The third-order valence-corrected chi connectivity index (χ3v) is 18.6. The number of hydrogen-bond acceptors (Lipinski definition) is 4. The van der Waals surface area contributed by atoms with E-state index in [9.17, 15) is 0 Å². The minimum Gasteiger partial charge on any atom is -0.309 e. The molecular formula is C66H37N3S2. The lowest BCUT2D eigenvalue weighted by Crippen LogP contribution is -2.33. The van der Waals surface area contributed by atoms with Gasteiger partial charge >= 0.3 is 0 Å². The molecule has 0 radical (unpaired) electrons. The van der Waals surface area contributed by atoms with Crippen LogP contribution in [0.2, 0.25) is 0 Å². The summed E-state index contributed by atoms with van der Waals surface area (Å²) in [6, 6.07) is 79.9. The maximum atomic E-state index is 5.49. The number of hydrogen-bond donors (Lipinski definition) is 0. The lowest BCUT2D eigenvalue weighted by molar-refractivity contribution is 0.715. The van der Waals surface area contributed by atoms with Crippen LogP contribution < -0.4 is 0 Å². The van der Waals surface area contributed by atoms with Gasteiger partial charge in [0.05, 0.1) is 33.3 Å². The Labute approximate surface area is 417 Å². The van der Waals surface area contributed by atoms with Gasteiger partial charge in [-0.2, -0.15) is 0 Å². The summed E-state index contributed by atoms with van der Waals surface area (Å²) in [6.07, 6.45) is 4.02. The molecule has 4 aromatic heterocycles. The summed E-state index contributed by atoms with van der Waals surface area (Å²) >= 11 is 3.78. The molecule has 1 aliphatic heterocycles. The predicted molar refractivity (Wildman–Crippen MR) is 292 cm³/mol. The summed E-state index contributed by atoms with van der Waals surface area (Å²) in [6.45, 7) is 0. The third-order valence-electron chi connectivity index (χ3n) is 16.4. The van der Waals surface area contributed by atoms with Gasteiger partial charge in [-0.25, -0.2) is 0 Å². The number of nitrogens with zero attached hydrogens (tertiary/aromatic N) is 3. The molecule has 1 unspecified atom stereocenters. The monoisotopic (exact) mass is 935 g/mol. The molecule has 71 heavy (non-hydrogen) atoms. The van der Waals surface area contributed by atoms with Crippen LogP contribution in [-0.2, 0) is 10.8 Å². The zero-order valence-electron chi connectivity index (χ0n) is 38.0. The highest BCUT2D eigenvalue weighted by molar-refractivity contribution is 7.99. The molecule has 0 bridgehead atoms. The standard InChI is InChI=1S/C66H37N3S2/c1-2-15-40(16-3-1)69-56-34-38(28-29-44(56)45-30-31-59-61(64(45)69)46-20-7-12-26-57(46)70-59)39-33-55-63(68-37-39)62-52(25-14-32-67-62)66(55)51-24-11-13-27-58(51)71-60-36-53-47(35-54(60)66)43-19-6-10-23-50(43)65(53)48-21-8-4-17-41(48)42-18-5-9-22-49(42)65/h1-37H. The van der Waals surface area contributed by atoms with Gasteiger partial charge in [0.25, 0.3) is 0 Å². The normalized spacial score (nSPS) is 16.0. The van der Waals surface area contributed by atoms with Gasteiger partial charge in [-0.05, 0) is 127 Å². The molecule has 9 aromatic carbocycles. The molecule has 0 saturated heterocycles. The fraction of sp³-hybridized carbons (Fsp3) is 0.0303. The highest BCUT2D eigenvalue weighted by atomic mass is 32.2. The molecule has 13 aromatic rings. The Kier molecular flexibility index (Phi) is 7.43. The Balaban J connectivity index is 0.938. The van der Waals surface area contributed by atoms with E-state index in [-0.39, 0.29) is 0 Å². The Morgan fingerprint density at radius 3 is 1.83 bits per heavy atom. The number of pyridine rings is 2. The van der Waals surface area contributed by atoms with Crippen molar-refractivity contribution in [1.82, 2.24) is 14.5 Å². The van der Waals surface area contributed by atoms with Crippen LogP contribution in [0.1, 0.15) is 44.5 Å². The number of fused-ring (bicyclic) bond motifs is 26. The van der Waals surface area contributed by atoms with Gasteiger partial charge in [0, 0.05) is 69.9 Å². The maximum Gasteiger partial charge on any atom is 0.0937 e. The van der Waals surface area contributed by atoms with E-state index in [0.29, 0.717) is 0 Å². The molecular weight excluding hydrogens is 899 g/mol. The molecule has 2 spiro atoms. The third kappa shape index (κ3) is 4.67. The first-order chi connectivity index (χ1) is 35.2. The molecule has 3 aliphatic carbocycles. The summed E-state index contributed by atoms with van der Waals surface area (Å²) in [4.78, 5) is 13.2. The Morgan fingerprint density at radius 2 is 1.03 bits per heavy atom. The van der Waals surface area contributed by atoms with Gasteiger partial charge in [0.2, 0.25) is 0 Å². The number of para-hydroxylation sites is 1. The fourth-order valence-electron chi connectivity index (χ4n) is 13.7. The van der Waals surface area contributed by atoms with Crippen LogP contribution in [0.25, 0.3) is 92.4 Å². The predicted octanol–water partition coefficient (Wildman–Crippen LogP) is 16.8. The van der Waals surface area contributed by atoms with Crippen LogP contribution in [0, 0.1) is 0 Å². The second-order valence-corrected chi connectivity index (χ2v) is 21.7. The molecule has 1 atom stereocenters. The van der Waals surface area contributed by atoms with E-state index in [1.54, 1.807) is 0 Å². The lowest BCUT2D eigenvalue weighted by atomic mass is 9.66. The molecule has 17 rings (SSSR count). The smallest absolute Gasteiger partial charge is 0.0937 e.